The van der Waals surface area contributed by atoms with Crippen LogP contribution in [-0.2, 0) is 4.79 Å². The maximum absolute atomic E-state index is 11.4. The predicted octanol–water partition coefficient (Wildman–Crippen LogP) is 2.27. The van der Waals surface area contributed by atoms with E-state index < -0.39 is 0 Å². The molecule has 0 spiro atoms. The molecule has 0 unspecified atom stereocenters. The van der Waals surface area contributed by atoms with Gasteiger partial charge in [-0.05, 0) is 26.0 Å². The second kappa shape index (κ2) is 6.50. The third-order valence-electron chi connectivity index (χ3n) is 4.37. The molecule has 1 aromatic heterocycles. The average Bonchev–Trinajstić information content (AvgIpc) is 3.04. The lowest BCUT2D eigenvalue weighted by atomic mass is 10.1. The Balaban J connectivity index is 1.69. The zero-order valence-corrected chi connectivity index (χ0v) is 13.8. The minimum Gasteiger partial charge on any atom is -0.419 e. The summed E-state index contributed by atoms with van der Waals surface area (Å²) in [6.45, 7) is 8.86. The molecule has 122 valence electrons. The molecule has 1 atom stereocenters. The van der Waals surface area contributed by atoms with Crippen LogP contribution in [0, 0.1) is 6.92 Å². The highest BCUT2D eigenvalue weighted by atomic mass is 16.4. The first-order valence-electron chi connectivity index (χ1n) is 7.94. The van der Waals surface area contributed by atoms with Gasteiger partial charge in [0.25, 0.3) is 0 Å². The summed E-state index contributed by atoms with van der Waals surface area (Å²) < 4.78 is 5.87. The Labute approximate surface area is 136 Å². The molecule has 2 aromatic rings. The largest absolute Gasteiger partial charge is 0.419 e. The first-order valence-corrected chi connectivity index (χ1v) is 7.94. The molecule has 1 fully saturated rings. The van der Waals surface area contributed by atoms with E-state index in [0.717, 1.165) is 37.3 Å². The van der Waals surface area contributed by atoms with Crippen LogP contribution in [0.2, 0.25) is 0 Å². The zero-order valence-electron chi connectivity index (χ0n) is 13.8. The molecule has 0 N–H and O–H groups in total. The van der Waals surface area contributed by atoms with Crippen molar-refractivity contribution in [1.29, 1.82) is 0 Å². The van der Waals surface area contributed by atoms with Crippen LogP contribution in [0.1, 0.15) is 31.3 Å². The first-order chi connectivity index (χ1) is 11.0. The molecule has 1 aliphatic heterocycles. The molecular formula is C17H22N4O2. The van der Waals surface area contributed by atoms with Crippen molar-refractivity contribution >= 4 is 5.91 Å². The lowest BCUT2D eigenvalue weighted by Gasteiger charge is -2.36. The van der Waals surface area contributed by atoms with E-state index in [1.54, 1.807) is 6.92 Å². The minimum absolute atomic E-state index is 0.0511. The summed E-state index contributed by atoms with van der Waals surface area (Å²) in [7, 11) is 0. The van der Waals surface area contributed by atoms with Gasteiger partial charge in [0.15, 0.2) is 0 Å². The quantitative estimate of drug-likeness (QED) is 0.869. The Kier molecular flexibility index (Phi) is 4.43. The van der Waals surface area contributed by atoms with Crippen LogP contribution < -0.4 is 0 Å². The molecule has 0 radical (unpaired) electrons. The van der Waals surface area contributed by atoms with E-state index in [4.69, 9.17) is 4.42 Å². The number of aryl methyl sites for hydroxylation is 1. The van der Waals surface area contributed by atoms with Crippen LogP contribution in [0.5, 0.6) is 0 Å². The Morgan fingerprint density at radius 1 is 1.22 bits per heavy atom. The van der Waals surface area contributed by atoms with Gasteiger partial charge in [-0.1, -0.05) is 17.7 Å². The number of piperazine rings is 1. The molecule has 0 aliphatic carbocycles. The molecule has 6 nitrogen and oxygen atoms in total. The number of carbonyl (C=O) groups is 1. The molecule has 23 heavy (non-hydrogen) atoms. The van der Waals surface area contributed by atoms with Crippen LogP contribution in [0.15, 0.2) is 28.7 Å². The van der Waals surface area contributed by atoms with Gasteiger partial charge in [-0.25, -0.2) is 0 Å². The highest BCUT2D eigenvalue weighted by molar-refractivity contribution is 5.73. The Morgan fingerprint density at radius 2 is 1.96 bits per heavy atom. The Hall–Kier alpha value is -2.21. The van der Waals surface area contributed by atoms with Crippen molar-refractivity contribution in [3.8, 4) is 11.5 Å². The van der Waals surface area contributed by atoms with Crippen LogP contribution in [0.3, 0.4) is 0 Å². The van der Waals surface area contributed by atoms with Gasteiger partial charge in [-0.3, -0.25) is 9.69 Å². The summed E-state index contributed by atoms with van der Waals surface area (Å²) in [5.41, 5.74) is 2.10. The topological polar surface area (TPSA) is 62.5 Å². The van der Waals surface area contributed by atoms with Gasteiger partial charge in [0, 0.05) is 38.7 Å². The third-order valence-corrected chi connectivity index (χ3v) is 4.37. The third kappa shape index (κ3) is 3.42. The van der Waals surface area contributed by atoms with Crippen molar-refractivity contribution in [2.24, 2.45) is 0 Å². The van der Waals surface area contributed by atoms with E-state index >= 15 is 0 Å². The number of benzene rings is 1. The smallest absolute Gasteiger partial charge is 0.247 e. The molecule has 0 bridgehead atoms. The number of rotatable bonds is 3. The summed E-state index contributed by atoms with van der Waals surface area (Å²) >= 11 is 0. The van der Waals surface area contributed by atoms with E-state index in [0.29, 0.717) is 11.8 Å². The van der Waals surface area contributed by atoms with Gasteiger partial charge in [0.2, 0.25) is 17.7 Å². The SMILES string of the molecule is CC(=O)N1CCN([C@H](C)c2nnc(-c3cccc(C)c3)o2)CC1. The van der Waals surface area contributed by atoms with Crippen LogP contribution in [0.25, 0.3) is 11.5 Å². The summed E-state index contributed by atoms with van der Waals surface area (Å²) in [6, 6.07) is 8.08. The van der Waals surface area contributed by atoms with Crippen molar-refractivity contribution in [3.63, 3.8) is 0 Å². The summed E-state index contributed by atoms with van der Waals surface area (Å²) in [4.78, 5) is 15.5. The number of nitrogens with zero attached hydrogens (tertiary/aromatic N) is 4. The van der Waals surface area contributed by atoms with E-state index in [-0.39, 0.29) is 11.9 Å². The summed E-state index contributed by atoms with van der Waals surface area (Å²) in [6.07, 6.45) is 0. The molecule has 0 saturated carbocycles. The average molecular weight is 314 g/mol. The van der Waals surface area contributed by atoms with Crippen LogP contribution >= 0.6 is 0 Å². The molecular weight excluding hydrogens is 292 g/mol. The second-order valence-electron chi connectivity index (χ2n) is 6.03. The molecule has 6 heteroatoms. The summed E-state index contributed by atoms with van der Waals surface area (Å²) in [5, 5.41) is 8.39. The maximum Gasteiger partial charge on any atom is 0.247 e. The van der Waals surface area contributed by atoms with Gasteiger partial charge in [0.1, 0.15) is 0 Å². The highest BCUT2D eigenvalue weighted by Crippen LogP contribution is 2.25. The lowest BCUT2D eigenvalue weighted by Crippen LogP contribution is -2.48. The number of hydrogen-bond donors (Lipinski definition) is 0. The van der Waals surface area contributed by atoms with E-state index in [1.165, 1.54) is 0 Å². The monoisotopic (exact) mass is 314 g/mol. The fourth-order valence-corrected chi connectivity index (χ4v) is 2.88. The minimum atomic E-state index is 0.0511. The van der Waals surface area contributed by atoms with Crippen molar-refractivity contribution in [2.75, 3.05) is 26.2 Å². The van der Waals surface area contributed by atoms with Gasteiger partial charge < -0.3 is 9.32 Å². The van der Waals surface area contributed by atoms with E-state index in [2.05, 4.69) is 22.0 Å². The zero-order chi connectivity index (χ0) is 16.4. The number of aromatic nitrogens is 2. The predicted molar refractivity (Wildman–Crippen MR) is 86.7 cm³/mol. The van der Waals surface area contributed by atoms with Crippen molar-refractivity contribution in [3.05, 3.63) is 35.7 Å². The summed E-state index contributed by atoms with van der Waals surface area (Å²) in [5.74, 6) is 1.31. The van der Waals surface area contributed by atoms with Gasteiger partial charge >= 0.3 is 0 Å². The standard InChI is InChI=1S/C17H22N4O2/c1-12-5-4-6-15(11-12)17-19-18-16(23-17)13(2)20-7-9-21(10-8-20)14(3)22/h4-6,11,13H,7-10H2,1-3H3/t13-/m1/s1. The molecule has 3 rings (SSSR count). The van der Waals surface area contributed by atoms with Crippen molar-refractivity contribution < 1.29 is 9.21 Å². The van der Waals surface area contributed by atoms with Gasteiger partial charge in [-0.2, -0.15) is 0 Å². The van der Waals surface area contributed by atoms with Gasteiger partial charge in [0.05, 0.1) is 6.04 Å². The molecule has 1 aliphatic rings. The molecule has 1 saturated heterocycles. The van der Waals surface area contributed by atoms with Crippen molar-refractivity contribution in [1.82, 2.24) is 20.0 Å². The van der Waals surface area contributed by atoms with Gasteiger partial charge in [-0.15, -0.1) is 10.2 Å². The van der Waals surface area contributed by atoms with E-state index in [9.17, 15) is 4.79 Å². The first kappa shape index (κ1) is 15.7. The lowest BCUT2D eigenvalue weighted by molar-refractivity contribution is -0.130. The number of amides is 1. The Bertz CT molecular complexity index is 689. The fourth-order valence-electron chi connectivity index (χ4n) is 2.88. The maximum atomic E-state index is 11.4. The van der Waals surface area contributed by atoms with E-state index in [1.807, 2.05) is 36.1 Å². The van der Waals surface area contributed by atoms with Crippen molar-refractivity contribution in [2.45, 2.75) is 26.8 Å². The normalized spacial score (nSPS) is 17.3. The Morgan fingerprint density at radius 3 is 2.61 bits per heavy atom. The highest BCUT2D eigenvalue weighted by Gasteiger charge is 2.26. The molecule has 1 aromatic carbocycles. The molecule has 2 heterocycles. The fraction of sp³-hybridized carbons (Fsp3) is 0.471. The van der Waals surface area contributed by atoms with Crippen LogP contribution in [0.4, 0.5) is 0 Å². The molecule has 1 amide bonds. The van der Waals surface area contributed by atoms with Crippen LogP contribution in [-0.4, -0.2) is 52.1 Å². The number of hydrogen-bond acceptors (Lipinski definition) is 5. The number of carbonyl (C=O) groups excluding carboxylic acids is 1. The second-order valence-corrected chi connectivity index (χ2v) is 6.03.